The van der Waals surface area contributed by atoms with Gasteiger partial charge < -0.3 is 9.47 Å². The summed E-state index contributed by atoms with van der Waals surface area (Å²) < 4.78 is 2.38. The van der Waals surface area contributed by atoms with Gasteiger partial charge in [0.2, 0.25) is 0 Å². The number of rotatable bonds is 8. The molecule has 0 atom stereocenters. The molecule has 0 spiro atoms. The third kappa shape index (κ3) is 6.14. The lowest BCUT2D eigenvalue weighted by Gasteiger charge is -2.28. The van der Waals surface area contributed by atoms with E-state index in [1.54, 1.807) is 0 Å². The van der Waals surface area contributed by atoms with Gasteiger partial charge in [0, 0.05) is 33.5 Å². The van der Waals surface area contributed by atoms with E-state index in [9.17, 15) is 0 Å². The van der Waals surface area contributed by atoms with Crippen molar-refractivity contribution in [3.8, 4) is 50.2 Å². The van der Waals surface area contributed by atoms with Gasteiger partial charge in [0.05, 0.1) is 11.0 Å². The molecular weight excluding hydrogens is 677 g/mol. The summed E-state index contributed by atoms with van der Waals surface area (Å²) in [6.07, 6.45) is 0. The molecule has 0 fully saturated rings. The maximum atomic E-state index is 2.39. The SMILES string of the molecule is c1ccc(-c2cccc(N(c3cccc(-c4ccccc4)c3)c3ccc(-c4ccc(-n5c6ccccc6c6ccccc65)cc4)c(-c4ccccc4)c3)c2)cc1. The predicted octanol–water partition coefficient (Wildman–Crippen LogP) is 14.9. The van der Waals surface area contributed by atoms with Gasteiger partial charge in [-0.3, -0.25) is 0 Å². The summed E-state index contributed by atoms with van der Waals surface area (Å²) in [4.78, 5) is 2.39. The number of fused-ring (bicyclic) bond motifs is 3. The Hall–Kier alpha value is -7.42. The Morgan fingerprint density at radius 2 is 0.696 bits per heavy atom. The number of aromatic nitrogens is 1. The molecule has 10 aromatic rings. The Labute approximate surface area is 327 Å². The minimum absolute atomic E-state index is 1.09. The molecule has 1 heterocycles. The molecule has 0 radical (unpaired) electrons. The molecular formula is C54H38N2. The van der Waals surface area contributed by atoms with Crippen molar-refractivity contribution in [1.29, 1.82) is 0 Å². The first-order valence-electron chi connectivity index (χ1n) is 19.2. The Morgan fingerprint density at radius 1 is 0.268 bits per heavy atom. The molecule has 2 heteroatoms. The van der Waals surface area contributed by atoms with Crippen molar-refractivity contribution < 1.29 is 0 Å². The van der Waals surface area contributed by atoms with Crippen molar-refractivity contribution in [2.45, 2.75) is 0 Å². The van der Waals surface area contributed by atoms with E-state index in [-0.39, 0.29) is 0 Å². The first-order valence-corrected chi connectivity index (χ1v) is 19.2. The summed E-state index contributed by atoms with van der Waals surface area (Å²) >= 11 is 0. The lowest BCUT2D eigenvalue weighted by Crippen LogP contribution is -2.10. The molecule has 0 aliphatic rings. The Kier molecular flexibility index (Phi) is 8.55. The molecule has 0 aliphatic carbocycles. The molecule has 0 N–H and O–H groups in total. The summed E-state index contributed by atoms with van der Waals surface area (Å²) in [6, 6.07) is 83.1. The van der Waals surface area contributed by atoms with Gasteiger partial charge in [-0.2, -0.15) is 0 Å². The standard InChI is InChI=1S/C54H38N2/c1-4-16-39(17-5-1)43-22-14-24-46(36-43)55(47-25-15-23-44(37-47)40-18-6-2-7-19-40)48-34-35-49(52(38-48)41-20-8-3-9-21-41)42-30-32-45(33-31-42)56-53-28-12-10-26-50(53)51-27-11-13-29-54(51)56/h1-38H. The van der Waals surface area contributed by atoms with Gasteiger partial charge in [0.15, 0.2) is 0 Å². The Morgan fingerprint density at radius 3 is 1.23 bits per heavy atom. The summed E-state index contributed by atoms with van der Waals surface area (Å²) in [7, 11) is 0. The topological polar surface area (TPSA) is 8.17 Å². The molecule has 0 saturated heterocycles. The average Bonchev–Trinajstić information content (AvgIpc) is 3.62. The van der Waals surface area contributed by atoms with Gasteiger partial charge in [-0.05, 0) is 105 Å². The summed E-state index contributed by atoms with van der Waals surface area (Å²) in [5.74, 6) is 0. The highest BCUT2D eigenvalue weighted by molar-refractivity contribution is 6.09. The van der Waals surface area contributed by atoms with Crippen LogP contribution in [-0.2, 0) is 0 Å². The molecule has 10 rings (SSSR count). The van der Waals surface area contributed by atoms with Crippen LogP contribution in [-0.4, -0.2) is 4.57 Å². The number of anilines is 3. The molecule has 264 valence electrons. The second-order valence-electron chi connectivity index (χ2n) is 14.2. The Balaban J connectivity index is 1.12. The second kappa shape index (κ2) is 14.4. The van der Waals surface area contributed by atoms with Crippen LogP contribution >= 0.6 is 0 Å². The van der Waals surface area contributed by atoms with E-state index in [1.165, 1.54) is 66.3 Å². The molecule has 0 amide bonds. The fraction of sp³-hybridized carbons (Fsp3) is 0. The van der Waals surface area contributed by atoms with E-state index in [1.807, 2.05) is 0 Å². The molecule has 9 aromatic carbocycles. The van der Waals surface area contributed by atoms with Gasteiger partial charge in [-0.15, -0.1) is 0 Å². The van der Waals surface area contributed by atoms with Crippen LogP contribution < -0.4 is 4.90 Å². The second-order valence-corrected chi connectivity index (χ2v) is 14.2. The van der Waals surface area contributed by atoms with E-state index >= 15 is 0 Å². The normalized spacial score (nSPS) is 11.2. The number of hydrogen-bond acceptors (Lipinski definition) is 1. The van der Waals surface area contributed by atoms with Crippen molar-refractivity contribution in [3.63, 3.8) is 0 Å². The minimum atomic E-state index is 1.09. The average molecular weight is 715 g/mol. The Bertz CT molecular complexity index is 2810. The van der Waals surface area contributed by atoms with E-state index in [0.717, 1.165) is 22.7 Å². The zero-order valence-electron chi connectivity index (χ0n) is 30.8. The largest absolute Gasteiger partial charge is 0.310 e. The van der Waals surface area contributed by atoms with Crippen molar-refractivity contribution in [3.05, 3.63) is 231 Å². The smallest absolute Gasteiger partial charge is 0.0541 e. The highest BCUT2D eigenvalue weighted by atomic mass is 15.1. The number of para-hydroxylation sites is 2. The zero-order valence-corrected chi connectivity index (χ0v) is 30.8. The van der Waals surface area contributed by atoms with Gasteiger partial charge in [0.1, 0.15) is 0 Å². The molecule has 0 aliphatic heterocycles. The quantitative estimate of drug-likeness (QED) is 0.152. The highest BCUT2D eigenvalue weighted by Crippen LogP contribution is 2.43. The maximum Gasteiger partial charge on any atom is 0.0541 e. The first kappa shape index (κ1) is 33.2. The van der Waals surface area contributed by atoms with E-state index in [2.05, 4.69) is 240 Å². The molecule has 0 saturated carbocycles. The van der Waals surface area contributed by atoms with Crippen LogP contribution in [0.15, 0.2) is 231 Å². The number of hydrogen-bond donors (Lipinski definition) is 0. The van der Waals surface area contributed by atoms with Gasteiger partial charge in [0.25, 0.3) is 0 Å². The fourth-order valence-corrected chi connectivity index (χ4v) is 8.13. The highest BCUT2D eigenvalue weighted by Gasteiger charge is 2.18. The van der Waals surface area contributed by atoms with Gasteiger partial charge in [-0.25, -0.2) is 0 Å². The molecule has 2 nitrogen and oxygen atoms in total. The van der Waals surface area contributed by atoms with Crippen LogP contribution in [0, 0.1) is 0 Å². The van der Waals surface area contributed by atoms with Crippen LogP contribution in [0.2, 0.25) is 0 Å². The zero-order chi connectivity index (χ0) is 37.3. The third-order valence-corrected chi connectivity index (χ3v) is 10.8. The van der Waals surface area contributed by atoms with Gasteiger partial charge in [-0.1, -0.05) is 170 Å². The summed E-state index contributed by atoms with van der Waals surface area (Å²) in [6.45, 7) is 0. The van der Waals surface area contributed by atoms with Crippen LogP contribution in [0.5, 0.6) is 0 Å². The van der Waals surface area contributed by atoms with Gasteiger partial charge >= 0.3 is 0 Å². The van der Waals surface area contributed by atoms with Crippen molar-refractivity contribution in [2.75, 3.05) is 4.90 Å². The van der Waals surface area contributed by atoms with Crippen LogP contribution in [0.25, 0.3) is 72.0 Å². The summed E-state index contributed by atoms with van der Waals surface area (Å²) in [5, 5.41) is 2.53. The first-order chi connectivity index (χ1) is 27.8. The predicted molar refractivity (Wildman–Crippen MR) is 237 cm³/mol. The maximum absolute atomic E-state index is 2.39. The van der Waals surface area contributed by atoms with Crippen LogP contribution in [0.3, 0.4) is 0 Å². The minimum Gasteiger partial charge on any atom is -0.310 e. The molecule has 56 heavy (non-hydrogen) atoms. The number of benzene rings is 9. The van der Waals surface area contributed by atoms with Crippen LogP contribution in [0.4, 0.5) is 17.1 Å². The van der Waals surface area contributed by atoms with E-state index in [0.29, 0.717) is 0 Å². The van der Waals surface area contributed by atoms with Crippen molar-refractivity contribution in [2.24, 2.45) is 0 Å². The summed E-state index contributed by atoms with van der Waals surface area (Å²) in [5.41, 5.74) is 16.3. The number of nitrogens with zero attached hydrogens (tertiary/aromatic N) is 2. The molecule has 0 bridgehead atoms. The van der Waals surface area contributed by atoms with E-state index < -0.39 is 0 Å². The molecule has 0 unspecified atom stereocenters. The lowest BCUT2D eigenvalue weighted by molar-refractivity contribution is 1.18. The fourth-order valence-electron chi connectivity index (χ4n) is 8.13. The lowest BCUT2D eigenvalue weighted by atomic mass is 9.93. The van der Waals surface area contributed by atoms with Crippen LogP contribution in [0.1, 0.15) is 0 Å². The van der Waals surface area contributed by atoms with Crippen molar-refractivity contribution >= 4 is 38.9 Å². The monoisotopic (exact) mass is 714 g/mol. The third-order valence-electron chi connectivity index (χ3n) is 10.8. The van der Waals surface area contributed by atoms with E-state index in [4.69, 9.17) is 0 Å². The van der Waals surface area contributed by atoms with Crippen molar-refractivity contribution in [1.82, 2.24) is 4.57 Å². The molecule has 1 aromatic heterocycles.